The van der Waals surface area contributed by atoms with E-state index in [1.165, 1.54) is 7.11 Å². The summed E-state index contributed by atoms with van der Waals surface area (Å²) in [6.45, 7) is 0. The third-order valence-electron chi connectivity index (χ3n) is 1.35. The molecule has 6 heteroatoms. The number of pyridine rings is 1. The molecule has 1 heterocycles. The molecule has 1 aromatic rings. The molecule has 0 saturated carbocycles. The zero-order valence-electron chi connectivity index (χ0n) is 6.52. The quantitative estimate of drug-likeness (QED) is 0.724. The van der Waals surface area contributed by atoms with Crippen molar-refractivity contribution in [3.05, 3.63) is 21.8 Å². The summed E-state index contributed by atoms with van der Waals surface area (Å²) in [5.41, 5.74) is -0.376. The second kappa shape index (κ2) is 4.07. The summed E-state index contributed by atoms with van der Waals surface area (Å²) in [6.07, 6.45) is -2.69. The third-order valence-corrected chi connectivity index (χ3v) is 1.93. The molecule has 0 N–H and O–H groups in total. The number of methoxy groups -OCH3 is 1. The van der Waals surface area contributed by atoms with Crippen molar-refractivity contribution in [3.8, 4) is 5.88 Å². The Morgan fingerprint density at radius 1 is 1.46 bits per heavy atom. The second-order valence-electron chi connectivity index (χ2n) is 2.16. The van der Waals surface area contributed by atoms with Crippen molar-refractivity contribution in [1.29, 1.82) is 0 Å². The lowest BCUT2D eigenvalue weighted by Crippen LogP contribution is -1.94. The SMILES string of the molecule is COc1nc(Cl)cc(C(F)F)c1Cl. The first-order valence-electron chi connectivity index (χ1n) is 3.24. The molecule has 0 aromatic carbocycles. The molecule has 0 aliphatic carbocycles. The lowest BCUT2D eigenvalue weighted by Gasteiger charge is -2.07. The van der Waals surface area contributed by atoms with Crippen LogP contribution in [-0.4, -0.2) is 12.1 Å². The average Bonchev–Trinajstić information content (AvgIpc) is 2.08. The highest BCUT2D eigenvalue weighted by molar-refractivity contribution is 6.34. The molecule has 1 rings (SSSR count). The predicted molar refractivity (Wildman–Crippen MR) is 45.8 cm³/mol. The first kappa shape index (κ1) is 10.5. The van der Waals surface area contributed by atoms with E-state index in [-0.39, 0.29) is 21.6 Å². The molecule has 72 valence electrons. The van der Waals surface area contributed by atoms with Gasteiger partial charge in [0.15, 0.2) is 0 Å². The lowest BCUT2D eigenvalue weighted by atomic mass is 10.3. The van der Waals surface area contributed by atoms with Gasteiger partial charge in [-0.05, 0) is 6.07 Å². The number of alkyl halides is 2. The van der Waals surface area contributed by atoms with Gasteiger partial charge in [-0.2, -0.15) is 0 Å². The smallest absolute Gasteiger partial charge is 0.265 e. The molecule has 0 radical (unpaired) electrons. The Morgan fingerprint density at radius 2 is 2.08 bits per heavy atom. The number of hydrogen-bond acceptors (Lipinski definition) is 2. The van der Waals surface area contributed by atoms with E-state index >= 15 is 0 Å². The Morgan fingerprint density at radius 3 is 2.54 bits per heavy atom. The number of ether oxygens (including phenoxy) is 1. The van der Waals surface area contributed by atoms with Crippen LogP contribution in [-0.2, 0) is 0 Å². The Labute approximate surface area is 83.4 Å². The molecule has 0 saturated heterocycles. The van der Waals surface area contributed by atoms with Crippen molar-refractivity contribution in [2.75, 3.05) is 7.11 Å². The van der Waals surface area contributed by atoms with Gasteiger partial charge in [-0.15, -0.1) is 0 Å². The largest absolute Gasteiger partial charge is 0.480 e. The molecule has 2 nitrogen and oxygen atoms in total. The zero-order chi connectivity index (χ0) is 10.0. The number of halogens is 4. The highest BCUT2D eigenvalue weighted by Crippen LogP contribution is 2.34. The first-order valence-corrected chi connectivity index (χ1v) is 4.00. The number of aromatic nitrogens is 1. The van der Waals surface area contributed by atoms with Gasteiger partial charge in [-0.3, -0.25) is 0 Å². The van der Waals surface area contributed by atoms with Crippen molar-refractivity contribution < 1.29 is 13.5 Å². The van der Waals surface area contributed by atoms with Gasteiger partial charge in [0.05, 0.1) is 7.11 Å². The van der Waals surface area contributed by atoms with E-state index in [1.54, 1.807) is 0 Å². The van der Waals surface area contributed by atoms with E-state index in [1.807, 2.05) is 0 Å². The minimum Gasteiger partial charge on any atom is -0.480 e. The summed E-state index contributed by atoms with van der Waals surface area (Å²) < 4.78 is 29.3. The maximum atomic E-state index is 12.3. The summed E-state index contributed by atoms with van der Waals surface area (Å²) >= 11 is 11.0. The fourth-order valence-electron chi connectivity index (χ4n) is 0.788. The Bertz CT molecular complexity index is 320. The topological polar surface area (TPSA) is 22.1 Å². The Kier molecular flexibility index (Phi) is 3.27. The third kappa shape index (κ3) is 2.19. The summed E-state index contributed by atoms with van der Waals surface area (Å²) in [5, 5.41) is -0.279. The van der Waals surface area contributed by atoms with Crippen molar-refractivity contribution in [2.24, 2.45) is 0 Å². The molecule has 0 amide bonds. The van der Waals surface area contributed by atoms with E-state index in [4.69, 9.17) is 23.2 Å². The van der Waals surface area contributed by atoms with E-state index in [0.717, 1.165) is 6.07 Å². The summed E-state index contributed by atoms with van der Waals surface area (Å²) in [5.74, 6) is -0.0931. The molecule has 0 aliphatic heterocycles. The fourth-order valence-corrected chi connectivity index (χ4v) is 1.24. The maximum Gasteiger partial charge on any atom is 0.265 e. The molecule has 1 aromatic heterocycles. The van der Waals surface area contributed by atoms with Gasteiger partial charge in [-0.25, -0.2) is 13.8 Å². The normalized spacial score (nSPS) is 10.6. The second-order valence-corrected chi connectivity index (χ2v) is 2.92. The minimum atomic E-state index is -2.69. The number of hydrogen-bond donors (Lipinski definition) is 0. The Balaban J connectivity index is 3.27. The lowest BCUT2D eigenvalue weighted by molar-refractivity contribution is 0.151. The van der Waals surface area contributed by atoms with Crippen LogP contribution < -0.4 is 4.74 Å². The van der Waals surface area contributed by atoms with E-state index < -0.39 is 6.43 Å². The van der Waals surface area contributed by atoms with Crippen molar-refractivity contribution in [1.82, 2.24) is 4.98 Å². The van der Waals surface area contributed by atoms with Gasteiger partial charge in [0, 0.05) is 5.56 Å². The van der Waals surface area contributed by atoms with Gasteiger partial charge >= 0.3 is 0 Å². The molecule has 0 fully saturated rings. The van der Waals surface area contributed by atoms with E-state index in [0.29, 0.717) is 0 Å². The van der Waals surface area contributed by atoms with Crippen LogP contribution in [0.25, 0.3) is 0 Å². The van der Waals surface area contributed by atoms with Crippen LogP contribution >= 0.6 is 23.2 Å². The van der Waals surface area contributed by atoms with Gasteiger partial charge in [0.25, 0.3) is 6.43 Å². The molecule has 0 atom stereocenters. The van der Waals surface area contributed by atoms with Gasteiger partial charge in [0.2, 0.25) is 5.88 Å². The van der Waals surface area contributed by atoms with Gasteiger partial charge < -0.3 is 4.74 Å². The standard InChI is InChI=1S/C7H5Cl2F2NO/c1-13-7-5(9)3(6(10)11)2-4(8)12-7/h2,6H,1H3. The maximum absolute atomic E-state index is 12.3. The molecule has 13 heavy (non-hydrogen) atoms. The predicted octanol–water partition coefficient (Wildman–Crippen LogP) is 3.33. The average molecular weight is 228 g/mol. The summed E-state index contributed by atoms with van der Waals surface area (Å²) in [6, 6.07) is 1.01. The van der Waals surface area contributed by atoms with E-state index in [2.05, 4.69) is 9.72 Å². The molecule has 0 unspecified atom stereocenters. The van der Waals surface area contributed by atoms with Crippen molar-refractivity contribution in [3.63, 3.8) is 0 Å². The molecule has 0 aliphatic rings. The van der Waals surface area contributed by atoms with Gasteiger partial charge in [-0.1, -0.05) is 23.2 Å². The van der Waals surface area contributed by atoms with Crippen molar-refractivity contribution >= 4 is 23.2 Å². The monoisotopic (exact) mass is 227 g/mol. The van der Waals surface area contributed by atoms with Crippen molar-refractivity contribution in [2.45, 2.75) is 6.43 Å². The van der Waals surface area contributed by atoms with Crippen LogP contribution in [0.2, 0.25) is 10.2 Å². The first-order chi connectivity index (χ1) is 6.06. The highest BCUT2D eigenvalue weighted by Gasteiger charge is 2.17. The van der Waals surface area contributed by atoms with Crippen LogP contribution in [0, 0.1) is 0 Å². The molecular weight excluding hydrogens is 223 g/mol. The number of rotatable bonds is 2. The van der Waals surface area contributed by atoms with Crippen LogP contribution in [0.4, 0.5) is 8.78 Å². The fraction of sp³-hybridized carbons (Fsp3) is 0.286. The van der Waals surface area contributed by atoms with Gasteiger partial charge in [0.1, 0.15) is 10.2 Å². The highest BCUT2D eigenvalue weighted by atomic mass is 35.5. The summed E-state index contributed by atoms with van der Waals surface area (Å²) in [4.78, 5) is 3.61. The molecular formula is C7H5Cl2F2NO. The van der Waals surface area contributed by atoms with Crippen LogP contribution in [0.5, 0.6) is 5.88 Å². The molecule has 0 bridgehead atoms. The Hall–Kier alpha value is -0.610. The zero-order valence-corrected chi connectivity index (χ0v) is 8.03. The van der Waals surface area contributed by atoms with Crippen LogP contribution in [0.15, 0.2) is 6.07 Å². The summed E-state index contributed by atoms with van der Waals surface area (Å²) in [7, 11) is 1.28. The minimum absolute atomic E-state index is 0.0726. The van der Waals surface area contributed by atoms with Crippen LogP contribution in [0.1, 0.15) is 12.0 Å². The number of nitrogens with zero attached hydrogens (tertiary/aromatic N) is 1. The van der Waals surface area contributed by atoms with E-state index in [9.17, 15) is 8.78 Å². The van der Waals surface area contributed by atoms with Crippen LogP contribution in [0.3, 0.4) is 0 Å². The molecule has 0 spiro atoms.